The Hall–Kier alpha value is 0.531. The Labute approximate surface area is 85.4 Å². The van der Waals surface area contributed by atoms with Gasteiger partial charge in [-0.05, 0) is 46.3 Å². The van der Waals surface area contributed by atoms with E-state index >= 15 is 0 Å². The fraction of sp³-hybridized carbons (Fsp3) is 1.00. The van der Waals surface area contributed by atoms with Crippen molar-refractivity contribution in [2.45, 2.75) is 39.3 Å². The van der Waals surface area contributed by atoms with Gasteiger partial charge < -0.3 is 13.5 Å². The molecule has 1 heterocycles. The second-order valence-electron chi connectivity index (χ2n) is 5.55. The Balaban J connectivity index is 2.96. The van der Waals surface area contributed by atoms with Crippen LogP contribution in [-0.4, -0.2) is 36.5 Å². The molecule has 1 rings (SSSR count). The van der Waals surface area contributed by atoms with Crippen LogP contribution in [0.15, 0.2) is 0 Å². The molecule has 3 nitrogen and oxygen atoms in total. The van der Waals surface area contributed by atoms with Gasteiger partial charge in [-0.15, -0.1) is 0 Å². The molecule has 6 heteroatoms. The van der Waals surface area contributed by atoms with Gasteiger partial charge in [0.2, 0.25) is 0 Å². The average Bonchev–Trinajstić information content (AvgIpc) is 1.77. The van der Waals surface area contributed by atoms with E-state index in [-0.39, 0.29) is 0 Å². The lowest BCUT2D eigenvalue weighted by molar-refractivity contribution is 0.697. The Morgan fingerprint density at radius 3 is 1.38 bits per heavy atom. The fourth-order valence-corrected chi connectivity index (χ4v) is 23.4. The largest absolute Gasteiger partial charge is 0.336 e. The maximum atomic E-state index is 3.86. The Morgan fingerprint density at radius 2 is 1.08 bits per heavy atom. The van der Waals surface area contributed by atoms with Gasteiger partial charge in [-0.25, -0.2) is 0 Å². The molecule has 13 heavy (non-hydrogen) atoms. The molecule has 0 bridgehead atoms. The zero-order chi connectivity index (χ0) is 10.5. The predicted molar refractivity (Wildman–Crippen MR) is 66.5 cm³/mol. The van der Waals surface area contributed by atoms with Crippen LogP contribution in [0, 0.1) is 0 Å². The number of hydrogen-bond acceptors (Lipinski definition) is 3. The van der Waals surface area contributed by atoms with E-state index in [0.29, 0.717) is 0 Å². The summed E-state index contributed by atoms with van der Waals surface area (Å²) in [7, 11) is -1.68. The minimum absolute atomic E-state index is 1.32. The van der Waals surface area contributed by atoms with Crippen molar-refractivity contribution in [2.24, 2.45) is 0 Å². The molecule has 0 unspecified atom stereocenters. The van der Waals surface area contributed by atoms with Crippen LogP contribution >= 0.6 is 0 Å². The highest BCUT2D eigenvalue weighted by atomic mass is 28.5. The second-order valence-corrected chi connectivity index (χ2v) is 18.8. The summed E-state index contributed by atoms with van der Waals surface area (Å²) >= 11 is 0. The predicted octanol–water partition coefficient (Wildman–Crippen LogP) is 1.22. The summed E-state index contributed by atoms with van der Waals surface area (Å²) in [5, 5.41) is 0. The van der Waals surface area contributed by atoms with Crippen molar-refractivity contribution < 1.29 is 0 Å². The molecule has 1 fully saturated rings. The topological polar surface area (TPSA) is 27.3 Å². The Bertz CT molecular complexity index is 195. The quantitative estimate of drug-likeness (QED) is 0.616. The highest BCUT2D eigenvalue weighted by Crippen LogP contribution is 2.20. The molecule has 0 spiro atoms. The minimum Gasteiger partial charge on any atom is -0.336 e. The normalized spacial score (nSPS) is 31.6. The molecule has 1 aliphatic heterocycles. The first-order chi connectivity index (χ1) is 5.57. The Kier molecular flexibility index (Phi) is 2.69. The van der Waals surface area contributed by atoms with Gasteiger partial charge in [0.25, 0.3) is 0 Å². The molecule has 0 amide bonds. The van der Waals surface area contributed by atoms with Gasteiger partial charge in [-0.3, -0.25) is 0 Å². The molecule has 0 aliphatic carbocycles. The van der Waals surface area contributed by atoms with Gasteiger partial charge in [0.1, 0.15) is 0 Å². The molecular formula is C7H23N3Si3. The van der Waals surface area contributed by atoms with Gasteiger partial charge >= 0.3 is 0 Å². The zero-order valence-electron chi connectivity index (χ0n) is 9.95. The zero-order valence-corrected chi connectivity index (χ0v) is 12.9. The third-order valence-corrected chi connectivity index (χ3v) is 19.5. The summed E-state index contributed by atoms with van der Waals surface area (Å²) in [4.78, 5) is 0. The summed E-state index contributed by atoms with van der Waals surface area (Å²) < 4.78 is 10.4. The number of rotatable bonds is 0. The lowest BCUT2D eigenvalue weighted by Gasteiger charge is -2.55. The fourth-order valence-electron chi connectivity index (χ4n) is 2.43. The van der Waals surface area contributed by atoms with Crippen molar-refractivity contribution >= 4 is 25.2 Å². The van der Waals surface area contributed by atoms with Gasteiger partial charge in [-0.2, -0.15) is 0 Å². The monoisotopic (exact) mass is 233 g/mol. The van der Waals surface area contributed by atoms with Crippen LogP contribution in [0.25, 0.3) is 0 Å². The number of nitrogens with one attached hydrogen (secondary N) is 2. The van der Waals surface area contributed by atoms with Gasteiger partial charge in [-0.1, -0.05) is 0 Å². The summed E-state index contributed by atoms with van der Waals surface area (Å²) in [6.45, 7) is 14.4. The van der Waals surface area contributed by atoms with Crippen molar-refractivity contribution in [3.8, 4) is 0 Å². The maximum absolute atomic E-state index is 3.86. The van der Waals surface area contributed by atoms with E-state index < -0.39 is 25.2 Å². The van der Waals surface area contributed by atoms with Gasteiger partial charge in [0.15, 0.2) is 25.2 Å². The SMILES string of the molecule is CN1[Si](C)(C)N[Si](C)(C)N[Si]1(C)C. The standard InChI is InChI=1S/C7H23N3Si3/c1-10-12(4,5)8-11(2,3)9-13(10,6)7/h8-9H,1-7H3. The molecule has 0 radical (unpaired) electrons. The van der Waals surface area contributed by atoms with Crippen molar-refractivity contribution in [1.29, 1.82) is 0 Å². The smallest absolute Gasteiger partial charge is 0.186 e. The third kappa shape index (κ3) is 2.31. The molecular weight excluding hydrogens is 210 g/mol. The second kappa shape index (κ2) is 3.01. The number of hydrogen-bond donors (Lipinski definition) is 2. The molecule has 1 aliphatic rings. The van der Waals surface area contributed by atoms with Crippen molar-refractivity contribution in [3.05, 3.63) is 0 Å². The minimum atomic E-state index is -1.32. The molecule has 0 aromatic rings. The molecule has 1 saturated heterocycles. The van der Waals surface area contributed by atoms with Crippen molar-refractivity contribution in [2.75, 3.05) is 7.05 Å². The molecule has 0 saturated carbocycles. The van der Waals surface area contributed by atoms with E-state index in [4.69, 9.17) is 0 Å². The van der Waals surface area contributed by atoms with Crippen LogP contribution in [-0.2, 0) is 0 Å². The molecule has 78 valence electrons. The van der Waals surface area contributed by atoms with Crippen LogP contribution in [0.4, 0.5) is 0 Å². The molecule has 0 aromatic heterocycles. The van der Waals surface area contributed by atoms with Crippen molar-refractivity contribution in [1.82, 2.24) is 13.5 Å². The van der Waals surface area contributed by atoms with Crippen LogP contribution in [0.5, 0.6) is 0 Å². The number of nitrogens with zero attached hydrogens (tertiary/aromatic N) is 1. The first-order valence-electron chi connectivity index (χ1n) is 4.89. The van der Waals surface area contributed by atoms with E-state index in [1.807, 2.05) is 0 Å². The van der Waals surface area contributed by atoms with Crippen LogP contribution < -0.4 is 9.30 Å². The van der Waals surface area contributed by atoms with Crippen molar-refractivity contribution in [3.63, 3.8) is 0 Å². The molecule has 0 aromatic carbocycles. The lowest BCUT2D eigenvalue weighted by Crippen LogP contribution is -2.87. The third-order valence-electron chi connectivity index (χ3n) is 2.91. The van der Waals surface area contributed by atoms with E-state index in [2.05, 4.69) is 59.9 Å². The van der Waals surface area contributed by atoms with E-state index in [1.165, 1.54) is 0 Å². The Morgan fingerprint density at radius 1 is 0.769 bits per heavy atom. The first-order valence-corrected chi connectivity index (χ1v) is 13.8. The highest BCUT2D eigenvalue weighted by molar-refractivity contribution is 7.04. The highest BCUT2D eigenvalue weighted by Gasteiger charge is 2.49. The van der Waals surface area contributed by atoms with Crippen LogP contribution in [0.3, 0.4) is 0 Å². The lowest BCUT2D eigenvalue weighted by atomic mass is 11.6. The summed E-state index contributed by atoms with van der Waals surface area (Å²) in [6.07, 6.45) is 0. The van der Waals surface area contributed by atoms with E-state index in [9.17, 15) is 0 Å². The summed E-state index contributed by atoms with van der Waals surface area (Å²) in [6, 6.07) is 0. The van der Waals surface area contributed by atoms with E-state index in [1.54, 1.807) is 0 Å². The maximum Gasteiger partial charge on any atom is 0.186 e. The summed E-state index contributed by atoms with van der Waals surface area (Å²) in [5.41, 5.74) is 0. The summed E-state index contributed by atoms with van der Waals surface area (Å²) in [5.74, 6) is 0. The first kappa shape index (κ1) is 11.6. The van der Waals surface area contributed by atoms with Crippen LogP contribution in [0.1, 0.15) is 0 Å². The molecule has 0 atom stereocenters. The van der Waals surface area contributed by atoms with Gasteiger partial charge in [0, 0.05) is 0 Å². The van der Waals surface area contributed by atoms with E-state index in [0.717, 1.165) is 0 Å². The average molecular weight is 234 g/mol. The van der Waals surface area contributed by atoms with Gasteiger partial charge in [0.05, 0.1) is 0 Å². The molecule has 2 N–H and O–H groups in total. The van der Waals surface area contributed by atoms with Crippen LogP contribution in [0.2, 0.25) is 39.3 Å².